The number of ether oxygens (including phenoxy) is 1. The van der Waals surface area contributed by atoms with Crippen molar-refractivity contribution >= 4 is 29.3 Å². The van der Waals surface area contributed by atoms with Crippen molar-refractivity contribution in [2.75, 3.05) is 19.6 Å². The normalized spacial score (nSPS) is 11.4. The molecule has 0 saturated heterocycles. The van der Waals surface area contributed by atoms with E-state index in [1.807, 2.05) is 39.8 Å². The van der Waals surface area contributed by atoms with E-state index in [1.54, 1.807) is 11.0 Å². The number of carbonyl (C=O) groups is 1. The van der Waals surface area contributed by atoms with Crippen molar-refractivity contribution in [2.24, 2.45) is 0 Å². The first-order valence-electron chi connectivity index (χ1n) is 7.86. The van der Waals surface area contributed by atoms with Crippen LogP contribution in [0.5, 0.6) is 0 Å². The number of benzene rings is 1. The maximum absolute atomic E-state index is 12.1. The van der Waals surface area contributed by atoms with Gasteiger partial charge in [-0.15, -0.1) is 0 Å². The van der Waals surface area contributed by atoms with Crippen molar-refractivity contribution in [3.8, 4) is 0 Å². The highest BCUT2D eigenvalue weighted by Gasteiger charge is 2.21. The van der Waals surface area contributed by atoms with Gasteiger partial charge in [0, 0.05) is 26.2 Å². The maximum atomic E-state index is 12.1. The third-order valence-corrected chi connectivity index (χ3v) is 3.91. The Bertz CT molecular complexity index is 516. The van der Waals surface area contributed by atoms with E-state index in [-0.39, 0.29) is 6.09 Å². The summed E-state index contributed by atoms with van der Waals surface area (Å²) in [5, 5.41) is 4.40. The van der Waals surface area contributed by atoms with Crippen LogP contribution in [0, 0.1) is 0 Å². The van der Waals surface area contributed by atoms with Crippen molar-refractivity contribution < 1.29 is 9.53 Å². The molecule has 0 heterocycles. The van der Waals surface area contributed by atoms with Gasteiger partial charge < -0.3 is 15.0 Å². The molecule has 23 heavy (non-hydrogen) atoms. The van der Waals surface area contributed by atoms with Gasteiger partial charge in [0.25, 0.3) is 0 Å². The van der Waals surface area contributed by atoms with Crippen LogP contribution in [0.25, 0.3) is 0 Å². The first-order chi connectivity index (χ1) is 10.7. The zero-order chi connectivity index (χ0) is 17.5. The Morgan fingerprint density at radius 1 is 1.26 bits per heavy atom. The highest BCUT2D eigenvalue weighted by molar-refractivity contribution is 6.42. The SMILES string of the molecule is CCCN(CCNCc1cccc(Cl)c1Cl)C(=O)OC(C)(C)C. The molecule has 0 radical (unpaired) electrons. The molecule has 0 aliphatic carbocycles. The zero-order valence-electron chi connectivity index (χ0n) is 14.3. The highest BCUT2D eigenvalue weighted by atomic mass is 35.5. The Morgan fingerprint density at radius 2 is 1.96 bits per heavy atom. The summed E-state index contributed by atoms with van der Waals surface area (Å²) in [4.78, 5) is 13.9. The van der Waals surface area contributed by atoms with Crippen molar-refractivity contribution in [1.82, 2.24) is 10.2 Å². The first kappa shape index (κ1) is 20.1. The molecule has 0 aliphatic heterocycles. The molecule has 1 aromatic rings. The lowest BCUT2D eigenvalue weighted by molar-refractivity contribution is 0.0252. The molecule has 1 aromatic carbocycles. The Morgan fingerprint density at radius 3 is 2.57 bits per heavy atom. The van der Waals surface area contributed by atoms with Gasteiger partial charge in [-0.2, -0.15) is 0 Å². The van der Waals surface area contributed by atoms with E-state index in [0.29, 0.717) is 36.2 Å². The summed E-state index contributed by atoms with van der Waals surface area (Å²) in [5.74, 6) is 0. The number of carbonyl (C=O) groups excluding carboxylic acids is 1. The third kappa shape index (κ3) is 7.42. The van der Waals surface area contributed by atoms with Crippen LogP contribution >= 0.6 is 23.2 Å². The Labute approximate surface area is 149 Å². The second-order valence-electron chi connectivity index (χ2n) is 6.36. The minimum absolute atomic E-state index is 0.276. The van der Waals surface area contributed by atoms with E-state index in [1.165, 1.54) is 0 Å². The van der Waals surface area contributed by atoms with E-state index < -0.39 is 5.60 Å². The fraction of sp³-hybridized carbons (Fsp3) is 0.588. The molecule has 4 nitrogen and oxygen atoms in total. The summed E-state index contributed by atoms with van der Waals surface area (Å²) in [6.07, 6.45) is 0.612. The second kappa shape index (κ2) is 9.36. The fourth-order valence-electron chi connectivity index (χ4n) is 2.01. The topological polar surface area (TPSA) is 41.6 Å². The van der Waals surface area contributed by atoms with E-state index in [4.69, 9.17) is 27.9 Å². The molecule has 130 valence electrons. The molecular weight excluding hydrogens is 335 g/mol. The van der Waals surface area contributed by atoms with Gasteiger partial charge in [-0.3, -0.25) is 0 Å². The molecule has 0 atom stereocenters. The zero-order valence-corrected chi connectivity index (χ0v) is 15.8. The van der Waals surface area contributed by atoms with Crippen LogP contribution in [-0.2, 0) is 11.3 Å². The lowest BCUT2D eigenvalue weighted by Crippen LogP contribution is -2.40. The lowest BCUT2D eigenvalue weighted by atomic mass is 10.2. The number of rotatable bonds is 7. The Kier molecular flexibility index (Phi) is 8.17. The summed E-state index contributed by atoms with van der Waals surface area (Å²) in [6.45, 7) is 10.2. The standard InChI is InChI=1S/C17H26Cl2N2O2/c1-5-10-21(16(22)23-17(2,3)4)11-9-20-12-13-7-6-8-14(18)15(13)19/h6-8,20H,5,9-12H2,1-4H3. The van der Waals surface area contributed by atoms with Crippen LogP contribution in [0.4, 0.5) is 4.79 Å². The van der Waals surface area contributed by atoms with Crippen LogP contribution in [-0.4, -0.2) is 36.2 Å². The number of amides is 1. The predicted octanol–water partition coefficient (Wildman–Crippen LogP) is 4.73. The first-order valence-corrected chi connectivity index (χ1v) is 8.61. The van der Waals surface area contributed by atoms with Crippen LogP contribution in [0.2, 0.25) is 10.0 Å². The molecule has 0 spiro atoms. The number of nitrogens with one attached hydrogen (secondary N) is 1. The molecule has 0 aromatic heterocycles. The number of halogens is 2. The summed E-state index contributed by atoms with van der Waals surface area (Å²) >= 11 is 12.1. The summed E-state index contributed by atoms with van der Waals surface area (Å²) in [7, 11) is 0. The molecule has 6 heteroatoms. The summed E-state index contributed by atoms with van der Waals surface area (Å²) < 4.78 is 5.42. The van der Waals surface area contributed by atoms with Crippen molar-refractivity contribution in [1.29, 1.82) is 0 Å². The van der Waals surface area contributed by atoms with Crippen LogP contribution in [0.1, 0.15) is 39.7 Å². The molecule has 1 rings (SSSR count). The minimum Gasteiger partial charge on any atom is -0.444 e. The van der Waals surface area contributed by atoms with E-state index in [9.17, 15) is 4.79 Å². The number of nitrogens with zero attached hydrogens (tertiary/aromatic N) is 1. The quantitative estimate of drug-likeness (QED) is 0.714. The molecule has 0 fully saturated rings. The Hall–Kier alpha value is -0.970. The molecule has 1 N–H and O–H groups in total. The van der Waals surface area contributed by atoms with Gasteiger partial charge in [-0.05, 0) is 38.8 Å². The van der Waals surface area contributed by atoms with Gasteiger partial charge >= 0.3 is 6.09 Å². The van der Waals surface area contributed by atoms with Crippen molar-refractivity contribution in [3.63, 3.8) is 0 Å². The van der Waals surface area contributed by atoms with Crippen LogP contribution < -0.4 is 5.32 Å². The van der Waals surface area contributed by atoms with Gasteiger partial charge in [0.05, 0.1) is 10.0 Å². The van der Waals surface area contributed by atoms with Gasteiger partial charge in [-0.1, -0.05) is 42.3 Å². The number of hydrogen-bond donors (Lipinski definition) is 1. The molecule has 0 unspecified atom stereocenters. The second-order valence-corrected chi connectivity index (χ2v) is 7.14. The molecule has 1 amide bonds. The fourth-order valence-corrected chi connectivity index (χ4v) is 2.40. The van der Waals surface area contributed by atoms with E-state index in [2.05, 4.69) is 5.32 Å². The Balaban J connectivity index is 2.47. The molecular formula is C17H26Cl2N2O2. The highest BCUT2D eigenvalue weighted by Crippen LogP contribution is 2.25. The molecule has 0 aliphatic rings. The third-order valence-electron chi connectivity index (χ3n) is 3.05. The number of hydrogen-bond acceptors (Lipinski definition) is 3. The monoisotopic (exact) mass is 360 g/mol. The van der Waals surface area contributed by atoms with Gasteiger partial charge in [0.1, 0.15) is 5.60 Å². The molecule has 0 bridgehead atoms. The van der Waals surface area contributed by atoms with Crippen LogP contribution in [0.15, 0.2) is 18.2 Å². The van der Waals surface area contributed by atoms with E-state index in [0.717, 1.165) is 12.0 Å². The van der Waals surface area contributed by atoms with Crippen molar-refractivity contribution in [3.05, 3.63) is 33.8 Å². The lowest BCUT2D eigenvalue weighted by Gasteiger charge is -2.27. The van der Waals surface area contributed by atoms with Gasteiger partial charge in [0.15, 0.2) is 0 Å². The average molecular weight is 361 g/mol. The summed E-state index contributed by atoms with van der Waals surface area (Å²) in [5.41, 5.74) is 0.462. The largest absolute Gasteiger partial charge is 0.444 e. The van der Waals surface area contributed by atoms with Gasteiger partial charge in [-0.25, -0.2) is 4.79 Å². The van der Waals surface area contributed by atoms with Crippen LogP contribution in [0.3, 0.4) is 0 Å². The molecule has 0 saturated carbocycles. The van der Waals surface area contributed by atoms with Gasteiger partial charge in [0.2, 0.25) is 0 Å². The summed E-state index contributed by atoms with van der Waals surface area (Å²) in [6, 6.07) is 5.56. The smallest absolute Gasteiger partial charge is 0.410 e. The maximum Gasteiger partial charge on any atom is 0.410 e. The van der Waals surface area contributed by atoms with Crippen molar-refractivity contribution in [2.45, 2.75) is 46.3 Å². The van der Waals surface area contributed by atoms with E-state index >= 15 is 0 Å². The minimum atomic E-state index is -0.481. The average Bonchev–Trinajstić information content (AvgIpc) is 2.44. The predicted molar refractivity (Wildman–Crippen MR) is 96.3 cm³/mol.